The van der Waals surface area contributed by atoms with Crippen LogP contribution in [0.4, 0.5) is 5.69 Å². The van der Waals surface area contributed by atoms with E-state index in [0.29, 0.717) is 18.5 Å². The lowest BCUT2D eigenvalue weighted by Gasteiger charge is -2.13. The lowest BCUT2D eigenvalue weighted by Crippen LogP contribution is -2.31. The number of hydrogen-bond donors (Lipinski definition) is 1. The number of amides is 2. The van der Waals surface area contributed by atoms with Crippen molar-refractivity contribution in [3.63, 3.8) is 0 Å². The van der Waals surface area contributed by atoms with E-state index < -0.39 is 21.8 Å². The number of benzene rings is 3. The lowest BCUT2D eigenvalue weighted by molar-refractivity contribution is 0.0864. The van der Waals surface area contributed by atoms with Gasteiger partial charge in [0.25, 0.3) is 21.8 Å². The van der Waals surface area contributed by atoms with Crippen LogP contribution in [0.25, 0.3) is 11.1 Å². The van der Waals surface area contributed by atoms with Gasteiger partial charge >= 0.3 is 0 Å². The van der Waals surface area contributed by atoms with Crippen LogP contribution < -0.4 is 5.32 Å². The molecule has 6 nitrogen and oxygen atoms in total. The number of carbonyl (C=O) groups excluding carboxylic acids is 2. The SMILES string of the molecule is O=C(Nc1ccc2c(c1)Cc1ccccc1-2)c1ccc2c(c1)S(=O)(=O)N(C1CC1)C2=O. The average Bonchev–Trinajstić information content (AvgIpc) is 3.48. The molecule has 1 N–H and O–H groups in total. The summed E-state index contributed by atoms with van der Waals surface area (Å²) >= 11 is 0. The van der Waals surface area contributed by atoms with Gasteiger partial charge in [0.2, 0.25) is 0 Å². The fourth-order valence-electron chi connectivity index (χ4n) is 4.48. The van der Waals surface area contributed by atoms with E-state index in [1.54, 1.807) is 0 Å². The smallest absolute Gasteiger partial charge is 0.269 e. The second kappa shape index (κ2) is 6.28. The van der Waals surface area contributed by atoms with Crippen molar-refractivity contribution in [1.29, 1.82) is 0 Å². The first-order valence-corrected chi connectivity index (χ1v) is 11.6. The third-order valence-corrected chi connectivity index (χ3v) is 8.02. The van der Waals surface area contributed by atoms with Gasteiger partial charge in [-0.1, -0.05) is 30.3 Å². The average molecular weight is 430 g/mol. The summed E-state index contributed by atoms with van der Waals surface area (Å²) in [5.74, 6) is -0.909. The summed E-state index contributed by atoms with van der Waals surface area (Å²) in [7, 11) is -3.90. The summed E-state index contributed by atoms with van der Waals surface area (Å²) in [5, 5.41) is 2.86. The van der Waals surface area contributed by atoms with Crippen LogP contribution in [0.3, 0.4) is 0 Å². The molecular formula is C24H18N2O4S. The van der Waals surface area contributed by atoms with E-state index >= 15 is 0 Å². The van der Waals surface area contributed by atoms with Crippen LogP contribution >= 0.6 is 0 Å². The quantitative estimate of drug-likeness (QED) is 0.536. The molecule has 154 valence electrons. The Morgan fingerprint density at radius 1 is 0.903 bits per heavy atom. The maximum absolute atomic E-state index is 12.8. The first-order chi connectivity index (χ1) is 14.9. The van der Waals surface area contributed by atoms with Gasteiger partial charge in [-0.15, -0.1) is 0 Å². The van der Waals surface area contributed by atoms with Gasteiger partial charge in [-0.05, 0) is 71.8 Å². The number of anilines is 1. The van der Waals surface area contributed by atoms with Gasteiger partial charge in [-0.25, -0.2) is 12.7 Å². The van der Waals surface area contributed by atoms with Crippen LogP contribution in [0.1, 0.15) is 44.7 Å². The second-order valence-corrected chi connectivity index (χ2v) is 9.99. The molecule has 0 unspecified atom stereocenters. The van der Waals surface area contributed by atoms with Gasteiger partial charge in [-0.3, -0.25) is 9.59 Å². The summed E-state index contributed by atoms with van der Waals surface area (Å²) in [6.45, 7) is 0. The molecule has 0 saturated heterocycles. The third kappa shape index (κ3) is 2.73. The number of nitrogens with one attached hydrogen (secondary N) is 1. The number of fused-ring (bicyclic) bond motifs is 4. The highest BCUT2D eigenvalue weighted by Gasteiger charge is 2.48. The molecule has 0 spiro atoms. The van der Waals surface area contributed by atoms with Gasteiger partial charge in [-0.2, -0.15) is 0 Å². The summed E-state index contributed by atoms with van der Waals surface area (Å²) in [6.07, 6.45) is 2.19. The van der Waals surface area contributed by atoms with Crippen molar-refractivity contribution >= 4 is 27.5 Å². The minimum atomic E-state index is -3.90. The van der Waals surface area contributed by atoms with Crippen LogP contribution in [-0.4, -0.2) is 30.6 Å². The van der Waals surface area contributed by atoms with E-state index in [4.69, 9.17) is 0 Å². The first kappa shape index (κ1) is 18.3. The fourth-order valence-corrected chi connectivity index (χ4v) is 6.33. The molecule has 0 aromatic heterocycles. The minimum Gasteiger partial charge on any atom is -0.322 e. The van der Waals surface area contributed by atoms with E-state index in [1.165, 1.54) is 29.3 Å². The molecule has 0 radical (unpaired) electrons. The molecule has 3 aromatic rings. The second-order valence-electron chi connectivity index (χ2n) is 8.21. The molecule has 3 aromatic carbocycles. The maximum Gasteiger partial charge on any atom is 0.269 e. The van der Waals surface area contributed by atoms with Crippen molar-refractivity contribution in [2.75, 3.05) is 5.32 Å². The number of carbonyl (C=O) groups is 2. The van der Waals surface area contributed by atoms with Crippen LogP contribution in [-0.2, 0) is 16.4 Å². The molecule has 0 atom stereocenters. The fraction of sp³-hybridized carbons (Fsp3) is 0.167. The Hall–Kier alpha value is -3.45. The molecule has 6 rings (SSSR count). The van der Waals surface area contributed by atoms with Gasteiger partial charge in [0.15, 0.2) is 0 Å². The summed E-state index contributed by atoms with van der Waals surface area (Å²) < 4.78 is 26.6. The summed E-state index contributed by atoms with van der Waals surface area (Å²) in [5.41, 5.74) is 5.77. The van der Waals surface area contributed by atoms with Crippen molar-refractivity contribution in [2.45, 2.75) is 30.2 Å². The molecule has 1 heterocycles. The Morgan fingerprint density at radius 2 is 1.65 bits per heavy atom. The highest BCUT2D eigenvalue weighted by atomic mass is 32.2. The third-order valence-electron chi connectivity index (χ3n) is 6.14. The zero-order chi connectivity index (χ0) is 21.3. The van der Waals surface area contributed by atoms with Crippen molar-refractivity contribution in [3.05, 3.63) is 82.9 Å². The highest BCUT2D eigenvalue weighted by molar-refractivity contribution is 7.90. The Balaban J connectivity index is 1.28. The standard InChI is InChI=1S/C24H18N2O4S/c27-23(25-17-6-10-20-16(12-17)11-14-3-1-2-4-19(14)20)15-5-9-21-22(13-15)31(29,30)26(24(21)28)18-7-8-18/h1-6,9-10,12-13,18H,7-8,11H2,(H,25,27). The molecule has 0 bridgehead atoms. The van der Waals surface area contributed by atoms with Crippen molar-refractivity contribution in [1.82, 2.24) is 4.31 Å². The Bertz CT molecular complexity index is 1410. The van der Waals surface area contributed by atoms with Crippen molar-refractivity contribution in [2.24, 2.45) is 0 Å². The molecule has 1 fully saturated rings. The zero-order valence-electron chi connectivity index (χ0n) is 16.5. The zero-order valence-corrected chi connectivity index (χ0v) is 17.3. The van der Waals surface area contributed by atoms with Crippen molar-refractivity contribution in [3.8, 4) is 11.1 Å². The van der Waals surface area contributed by atoms with Gasteiger partial charge < -0.3 is 5.32 Å². The number of hydrogen-bond acceptors (Lipinski definition) is 4. The topological polar surface area (TPSA) is 83.6 Å². The van der Waals surface area contributed by atoms with Gasteiger partial charge in [0, 0.05) is 17.3 Å². The predicted molar refractivity (Wildman–Crippen MR) is 115 cm³/mol. The van der Waals surface area contributed by atoms with E-state index in [0.717, 1.165) is 21.9 Å². The van der Waals surface area contributed by atoms with Crippen molar-refractivity contribution < 1.29 is 18.0 Å². The van der Waals surface area contributed by atoms with E-state index in [1.807, 2.05) is 30.3 Å². The largest absolute Gasteiger partial charge is 0.322 e. The Kier molecular flexibility index (Phi) is 3.71. The van der Waals surface area contributed by atoms with E-state index in [2.05, 4.69) is 17.4 Å². The molecule has 2 amide bonds. The molecule has 7 heteroatoms. The summed E-state index contributed by atoms with van der Waals surface area (Å²) in [4.78, 5) is 25.3. The minimum absolute atomic E-state index is 0.0820. The van der Waals surface area contributed by atoms with E-state index in [9.17, 15) is 18.0 Å². The van der Waals surface area contributed by atoms with Crippen LogP contribution in [0.5, 0.6) is 0 Å². The van der Waals surface area contributed by atoms with Crippen LogP contribution in [0.2, 0.25) is 0 Å². The monoisotopic (exact) mass is 430 g/mol. The molecule has 1 aliphatic heterocycles. The highest BCUT2D eigenvalue weighted by Crippen LogP contribution is 2.40. The number of rotatable bonds is 3. The first-order valence-electron chi connectivity index (χ1n) is 10.2. The van der Waals surface area contributed by atoms with E-state index in [-0.39, 0.29) is 22.1 Å². The molecule has 1 saturated carbocycles. The molecule has 31 heavy (non-hydrogen) atoms. The number of nitrogens with zero attached hydrogens (tertiary/aromatic N) is 1. The molecule has 3 aliphatic rings. The summed E-state index contributed by atoms with van der Waals surface area (Å²) in [6, 6.07) is 18.0. The predicted octanol–water partition coefficient (Wildman–Crippen LogP) is 3.82. The van der Waals surface area contributed by atoms with Crippen LogP contribution in [0.15, 0.2) is 65.6 Å². The van der Waals surface area contributed by atoms with Gasteiger partial charge in [0.05, 0.1) is 5.56 Å². The molecular weight excluding hydrogens is 412 g/mol. The Morgan fingerprint density at radius 3 is 2.45 bits per heavy atom. The number of sulfonamides is 1. The normalized spacial score (nSPS) is 17.8. The van der Waals surface area contributed by atoms with Gasteiger partial charge in [0.1, 0.15) is 4.90 Å². The Labute approximate surface area is 179 Å². The maximum atomic E-state index is 12.8. The molecule has 2 aliphatic carbocycles. The lowest BCUT2D eigenvalue weighted by atomic mass is 10.1. The van der Waals surface area contributed by atoms with Crippen LogP contribution in [0, 0.1) is 0 Å².